The molecule has 0 aliphatic carbocycles. The molecule has 0 spiro atoms. The molecule has 104 valence electrons. The fraction of sp³-hybridized carbons (Fsp3) is 0.385. The summed E-state index contributed by atoms with van der Waals surface area (Å²) in [6.07, 6.45) is 0.273. The van der Waals surface area contributed by atoms with Crippen LogP contribution in [0.15, 0.2) is 29.4 Å². The van der Waals surface area contributed by atoms with Crippen molar-refractivity contribution in [3.63, 3.8) is 0 Å². The number of carbonyl (C=O) groups excluding carboxylic acids is 1. The Hall–Kier alpha value is -2.08. The quantitative estimate of drug-likeness (QED) is 0.259. The molecular weight excluding hydrogens is 244 g/mol. The van der Waals surface area contributed by atoms with Crippen LogP contribution in [0.4, 0.5) is 0 Å². The Morgan fingerprint density at radius 1 is 1.32 bits per heavy atom. The number of nitrogens with two attached hydrogens (primary N) is 2. The lowest BCUT2D eigenvalue weighted by Crippen LogP contribution is -2.42. The van der Waals surface area contributed by atoms with Crippen molar-refractivity contribution in [2.75, 3.05) is 0 Å². The zero-order chi connectivity index (χ0) is 14.5. The lowest BCUT2D eigenvalue weighted by molar-refractivity contribution is -0.119. The van der Waals surface area contributed by atoms with Gasteiger partial charge in [0.15, 0.2) is 5.84 Å². The number of nitrogens with one attached hydrogen (secondary N) is 1. The van der Waals surface area contributed by atoms with Crippen molar-refractivity contribution in [1.82, 2.24) is 5.32 Å². The first-order chi connectivity index (χ1) is 8.84. The van der Waals surface area contributed by atoms with Crippen LogP contribution >= 0.6 is 0 Å². The van der Waals surface area contributed by atoms with Gasteiger partial charge in [0.25, 0.3) is 0 Å². The number of nitrogens with zero attached hydrogens (tertiary/aromatic N) is 1. The average molecular weight is 264 g/mol. The molecule has 0 aromatic heterocycles. The summed E-state index contributed by atoms with van der Waals surface area (Å²) in [6, 6.07) is 7.29. The second-order valence-electron chi connectivity index (χ2n) is 5.06. The van der Waals surface area contributed by atoms with Crippen LogP contribution in [-0.2, 0) is 11.3 Å². The molecule has 1 aromatic carbocycles. The summed E-state index contributed by atoms with van der Waals surface area (Å²) in [5.41, 5.74) is 12.0. The zero-order valence-electron chi connectivity index (χ0n) is 11.2. The first kappa shape index (κ1) is 15.0. The number of benzene rings is 1. The van der Waals surface area contributed by atoms with Crippen LogP contribution in [0, 0.1) is 0 Å². The van der Waals surface area contributed by atoms with E-state index in [1.54, 1.807) is 12.1 Å². The highest BCUT2D eigenvalue weighted by Gasteiger charge is 2.19. The van der Waals surface area contributed by atoms with Gasteiger partial charge in [-0.3, -0.25) is 4.79 Å². The van der Waals surface area contributed by atoms with E-state index in [9.17, 15) is 4.79 Å². The second-order valence-corrected chi connectivity index (χ2v) is 5.06. The predicted molar refractivity (Wildman–Crippen MR) is 73.7 cm³/mol. The summed E-state index contributed by atoms with van der Waals surface area (Å²) in [6.45, 7) is 4.45. The van der Waals surface area contributed by atoms with E-state index in [0.717, 1.165) is 5.56 Å². The predicted octanol–water partition coefficient (Wildman–Crippen LogP) is 0.525. The molecule has 0 heterocycles. The van der Waals surface area contributed by atoms with Gasteiger partial charge in [-0.05, 0) is 19.4 Å². The lowest BCUT2D eigenvalue weighted by atomic mass is 9.99. The zero-order valence-corrected chi connectivity index (χ0v) is 11.2. The van der Waals surface area contributed by atoms with Gasteiger partial charge in [-0.25, -0.2) is 0 Å². The molecule has 1 rings (SSSR count). The largest absolute Gasteiger partial charge is 0.409 e. The first-order valence-electron chi connectivity index (χ1n) is 5.94. The molecule has 0 atom stereocenters. The molecule has 0 unspecified atom stereocenters. The minimum Gasteiger partial charge on any atom is -0.409 e. The van der Waals surface area contributed by atoms with Gasteiger partial charge in [-0.1, -0.05) is 29.4 Å². The van der Waals surface area contributed by atoms with Crippen LogP contribution in [0.3, 0.4) is 0 Å². The normalized spacial score (nSPS) is 12.4. The van der Waals surface area contributed by atoms with Gasteiger partial charge in [0, 0.05) is 24.1 Å². The van der Waals surface area contributed by atoms with Gasteiger partial charge in [-0.2, -0.15) is 0 Å². The van der Waals surface area contributed by atoms with E-state index in [4.69, 9.17) is 16.7 Å². The van der Waals surface area contributed by atoms with Gasteiger partial charge >= 0.3 is 0 Å². The maximum Gasteiger partial charge on any atom is 0.219 e. The van der Waals surface area contributed by atoms with E-state index in [1.165, 1.54) is 0 Å². The minimum absolute atomic E-state index is 0.0774. The monoisotopic (exact) mass is 264 g/mol. The van der Waals surface area contributed by atoms with Crippen LogP contribution in [0.5, 0.6) is 0 Å². The van der Waals surface area contributed by atoms with Gasteiger partial charge in [-0.15, -0.1) is 0 Å². The topological polar surface area (TPSA) is 114 Å². The highest BCUT2D eigenvalue weighted by atomic mass is 16.4. The number of hydrogen-bond acceptors (Lipinski definition) is 4. The Morgan fingerprint density at radius 3 is 2.37 bits per heavy atom. The van der Waals surface area contributed by atoms with E-state index >= 15 is 0 Å². The number of primary amides is 1. The molecule has 6 nitrogen and oxygen atoms in total. The number of carbonyl (C=O) groups is 1. The Bertz CT molecular complexity index is 466. The van der Waals surface area contributed by atoms with Crippen molar-refractivity contribution in [3.05, 3.63) is 35.4 Å². The number of amides is 1. The standard InChI is InChI=1S/C13H20N4O2/c1-13(2,7-11(14)18)16-8-9-3-5-10(6-4-9)12(15)17-19/h3-6,16,19H,7-8H2,1-2H3,(H2,14,18)(H2,15,17). The maximum absolute atomic E-state index is 10.9. The summed E-state index contributed by atoms with van der Waals surface area (Å²) in [4.78, 5) is 10.9. The molecule has 0 bridgehead atoms. The summed E-state index contributed by atoms with van der Waals surface area (Å²) >= 11 is 0. The van der Waals surface area contributed by atoms with Crippen molar-refractivity contribution < 1.29 is 10.0 Å². The SMILES string of the molecule is CC(C)(CC(N)=O)NCc1ccc(/C(N)=N/O)cc1. The third-order valence-electron chi connectivity index (χ3n) is 2.74. The second kappa shape index (κ2) is 6.19. The molecule has 1 aromatic rings. The van der Waals surface area contributed by atoms with Crippen LogP contribution in [0.25, 0.3) is 0 Å². The molecule has 0 aliphatic rings. The van der Waals surface area contributed by atoms with Crippen LogP contribution < -0.4 is 16.8 Å². The van der Waals surface area contributed by atoms with E-state index in [1.807, 2.05) is 26.0 Å². The fourth-order valence-electron chi connectivity index (χ4n) is 1.69. The number of rotatable bonds is 6. The van der Waals surface area contributed by atoms with Crippen LogP contribution in [0.2, 0.25) is 0 Å². The third kappa shape index (κ3) is 4.97. The molecule has 0 fully saturated rings. The van der Waals surface area contributed by atoms with Crippen LogP contribution in [0.1, 0.15) is 31.4 Å². The van der Waals surface area contributed by atoms with Gasteiger partial charge in [0.2, 0.25) is 5.91 Å². The molecule has 6 N–H and O–H groups in total. The Labute approximate surface area is 112 Å². The Balaban J connectivity index is 2.61. The third-order valence-corrected chi connectivity index (χ3v) is 2.74. The highest BCUT2D eigenvalue weighted by molar-refractivity contribution is 5.96. The summed E-state index contributed by atoms with van der Waals surface area (Å²) in [7, 11) is 0. The Morgan fingerprint density at radius 2 is 1.89 bits per heavy atom. The van der Waals surface area contributed by atoms with Crippen molar-refractivity contribution in [1.29, 1.82) is 0 Å². The van der Waals surface area contributed by atoms with E-state index < -0.39 is 0 Å². The fourth-order valence-corrected chi connectivity index (χ4v) is 1.69. The van der Waals surface area contributed by atoms with E-state index in [0.29, 0.717) is 12.1 Å². The molecule has 0 radical (unpaired) electrons. The summed E-state index contributed by atoms with van der Waals surface area (Å²) < 4.78 is 0. The van der Waals surface area contributed by atoms with E-state index in [-0.39, 0.29) is 23.7 Å². The molecule has 0 aliphatic heterocycles. The number of hydrogen-bond donors (Lipinski definition) is 4. The van der Waals surface area contributed by atoms with Gasteiger partial charge in [0.05, 0.1) is 0 Å². The maximum atomic E-state index is 10.9. The van der Waals surface area contributed by atoms with Crippen molar-refractivity contribution in [2.45, 2.75) is 32.4 Å². The van der Waals surface area contributed by atoms with E-state index in [2.05, 4.69) is 10.5 Å². The van der Waals surface area contributed by atoms with Gasteiger partial charge < -0.3 is 22.0 Å². The first-order valence-corrected chi connectivity index (χ1v) is 5.94. The highest BCUT2D eigenvalue weighted by Crippen LogP contribution is 2.10. The summed E-state index contributed by atoms with van der Waals surface area (Å²) in [5.74, 6) is -0.256. The molecule has 19 heavy (non-hydrogen) atoms. The van der Waals surface area contributed by atoms with Crippen molar-refractivity contribution in [2.24, 2.45) is 16.6 Å². The van der Waals surface area contributed by atoms with Crippen molar-refractivity contribution in [3.8, 4) is 0 Å². The molecule has 0 saturated heterocycles. The molecular formula is C13H20N4O2. The Kier molecular flexibility index (Phi) is 4.88. The molecule has 1 amide bonds. The smallest absolute Gasteiger partial charge is 0.219 e. The molecule has 6 heteroatoms. The lowest BCUT2D eigenvalue weighted by Gasteiger charge is -2.24. The average Bonchev–Trinajstić information content (AvgIpc) is 2.34. The van der Waals surface area contributed by atoms with Crippen molar-refractivity contribution >= 4 is 11.7 Å². The summed E-state index contributed by atoms with van der Waals surface area (Å²) in [5, 5.41) is 14.7. The number of oxime groups is 1. The number of amidine groups is 1. The van der Waals surface area contributed by atoms with Gasteiger partial charge in [0.1, 0.15) is 0 Å². The molecule has 0 saturated carbocycles. The minimum atomic E-state index is -0.351. The van der Waals surface area contributed by atoms with Crippen LogP contribution in [-0.4, -0.2) is 22.5 Å².